The van der Waals surface area contributed by atoms with Crippen LogP contribution in [0.4, 0.5) is 0 Å². The minimum Gasteiger partial charge on any atom is -0.301 e. The second-order valence-electron chi connectivity index (χ2n) is 7.47. The normalized spacial score (nSPS) is 15.9. The smallest absolute Gasteiger partial charge is 0.137 e. The number of piperazine rings is 1. The van der Waals surface area contributed by atoms with E-state index in [0.717, 1.165) is 39.1 Å². The molecule has 0 amide bonds. The molecular weight excluding hydrogens is 346 g/mol. The van der Waals surface area contributed by atoms with Crippen LogP contribution in [0.5, 0.6) is 0 Å². The van der Waals surface area contributed by atoms with Crippen molar-refractivity contribution in [1.29, 1.82) is 0 Å². The highest BCUT2D eigenvalue weighted by Gasteiger charge is 2.25. The van der Waals surface area contributed by atoms with Crippen molar-refractivity contribution in [1.82, 2.24) is 24.6 Å². The van der Waals surface area contributed by atoms with E-state index in [4.69, 9.17) is 0 Å². The Morgan fingerprint density at radius 1 is 0.750 bits per heavy atom. The lowest BCUT2D eigenvalue weighted by atomic mass is 9.96. The van der Waals surface area contributed by atoms with Gasteiger partial charge in [0.2, 0.25) is 0 Å². The van der Waals surface area contributed by atoms with E-state index in [1.54, 1.807) is 12.7 Å². The fourth-order valence-electron chi connectivity index (χ4n) is 4.09. The first-order valence-electron chi connectivity index (χ1n) is 10.3. The highest BCUT2D eigenvalue weighted by molar-refractivity contribution is 5.31. The third kappa shape index (κ3) is 4.86. The molecule has 1 aliphatic rings. The van der Waals surface area contributed by atoms with Crippen molar-refractivity contribution in [3.05, 3.63) is 84.4 Å². The fraction of sp³-hybridized carbons (Fsp3) is 0.391. The molecule has 1 aromatic heterocycles. The zero-order valence-electron chi connectivity index (χ0n) is 16.4. The van der Waals surface area contributed by atoms with E-state index in [9.17, 15) is 0 Å². The van der Waals surface area contributed by atoms with Gasteiger partial charge in [0, 0.05) is 32.7 Å². The van der Waals surface area contributed by atoms with Gasteiger partial charge in [-0.2, -0.15) is 5.10 Å². The quantitative estimate of drug-likeness (QED) is 0.565. The van der Waals surface area contributed by atoms with Crippen molar-refractivity contribution in [3.63, 3.8) is 0 Å². The fourth-order valence-corrected chi connectivity index (χ4v) is 4.09. The standard InChI is InChI=1S/C23H29N5/c1-3-9-21(10-4-1)23(22-11-5-2-6-12-22)27-17-15-26(16-18-27)13-7-8-14-28-20-24-19-25-28/h1-6,9-12,19-20,23H,7-8,13-18H2. The molecule has 5 nitrogen and oxygen atoms in total. The number of benzene rings is 2. The summed E-state index contributed by atoms with van der Waals surface area (Å²) in [5, 5.41) is 4.17. The average Bonchev–Trinajstić information content (AvgIpc) is 3.28. The number of aryl methyl sites for hydroxylation is 1. The first-order chi connectivity index (χ1) is 13.9. The van der Waals surface area contributed by atoms with Crippen LogP contribution in [0, 0.1) is 0 Å². The van der Waals surface area contributed by atoms with E-state index in [1.165, 1.54) is 24.1 Å². The van der Waals surface area contributed by atoms with Crippen molar-refractivity contribution in [2.75, 3.05) is 32.7 Å². The maximum atomic E-state index is 4.17. The molecule has 5 heteroatoms. The van der Waals surface area contributed by atoms with Gasteiger partial charge in [-0.25, -0.2) is 4.98 Å². The van der Waals surface area contributed by atoms with Crippen molar-refractivity contribution in [3.8, 4) is 0 Å². The molecule has 2 aromatic carbocycles. The minimum absolute atomic E-state index is 0.344. The molecule has 0 N–H and O–H groups in total. The van der Waals surface area contributed by atoms with Crippen LogP contribution in [0.2, 0.25) is 0 Å². The molecule has 0 atom stereocenters. The SMILES string of the molecule is c1ccc(C(c2ccccc2)N2CCN(CCCCn3cncn3)CC2)cc1. The summed E-state index contributed by atoms with van der Waals surface area (Å²) in [4.78, 5) is 9.24. The Labute approximate surface area is 167 Å². The third-order valence-electron chi connectivity index (χ3n) is 5.58. The summed E-state index contributed by atoms with van der Waals surface area (Å²) < 4.78 is 1.92. The Hall–Kier alpha value is -2.50. The van der Waals surface area contributed by atoms with Crippen LogP contribution >= 0.6 is 0 Å². The van der Waals surface area contributed by atoms with Gasteiger partial charge in [-0.1, -0.05) is 60.7 Å². The van der Waals surface area contributed by atoms with Gasteiger partial charge in [-0.3, -0.25) is 9.58 Å². The Bertz CT molecular complexity index is 756. The van der Waals surface area contributed by atoms with Crippen LogP contribution in [0.1, 0.15) is 30.0 Å². The second kappa shape index (κ2) is 9.62. The van der Waals surface area contributed by atoms with Crippen LogP contribution in [-0.2, 0) is 6.54 Å². The van der Waals surface area contributed by atoms with Crippen LogP contribution in [0.25, 0.3) is 0 Å². The highest BCUT2D eigenvalue weighted by atomic mass is 15.3. The molecule has 146 valence electrons. The van der Waals surface area contributed by atoms with Crippen molar-refractivity contribution in [2.45, 2.75) is 25.4 Å². The lowest BCUT2D eigenvalue weighted by Gasteiger charge is -2.39. The van der Waals surface area contributed by atoms with E-state index in [2.05, 4.69) is 80.5 Å². The van der Waals surface area contributed by atoms with Gasteiger partial charge in [0.15, 0.2) is 0 Å². The Morgan fingerprint density at radius 2 is 1.36 bits per heavy atom. The summed E-state index contributed by atoms with van der Waals surface area (Å²) in [5.41, 5.74) is 2.77. The van der Waals surface area contributed by atoms with E-state index in [-0.39, 0.29) is 0 Å². The van der Waals surface area contributed by atoms with Gasteiger partial charge in [-0.05, 0) is 30.5 Å². The zero-order chi connectivity index (χ0) is 19.0. The zero-order valence-corrected chi connectivity index (χ0v) is 16.4. The summed E-state index contributed by atoms with van der Waals surface area (Å²) in [7, 11) is 0. The van der Waals surface area contributed by atoms with Crippen LogP contribution < -0.4 is 0 Å². The lowest BCUT2D eigenvalue weighted by Crippen LogP contribution is -2.48. The van der Waals surface area contributed by atoms with Gasteiger partial charge < -0.3 is 4.90 Å². The monoisotopic (exact) mass is 375 g/mol. The highest BCUT2D eigenvalue weighted by Crippen LogP contribution is 2.29. The molecule has 0 aliphatic carbocycles. The number of hydrogen-bond donors (Lipinski definition) is 0. The number of rotatable bonds is 8. The van der Waals surface area contributed by atoms with Crippen molar-refractivity contribution in [2.24, 2.45) is 0 Å². The number of unbranched alkanes of at least 4 members (excludes halogenated alkanes) is 1. The van der Waals surface area contributed by atoms with E-state index < -0.39 is 0 Å². The molecule has 0 unspecified atom stereocenters. The van der Waals surface area contributed by atoms with E-state index in [1.807, 2.05) is 4.68 Å². The molecule has 0 bridgehead atoms. The van der Waals surface area contributed by atoms with Gasteiger partial charge in [0.25, 0.3) is 0 Å². The number of nitrogens with zero attached hydrogens (tertiary/aromatic N) is 5. The molecule has 0 radical (unpaired) electrons. The molecule has 3 aromatic rings. The largest absolute Gasteiger partial charge is 0.301 e. The minimum atomic E-state index is 0.344. The second-order valence-corrected chi connectivity index (χ2v) is 7.47. The van der Waals surface area contributed by atoms with Gasteiger partial charge in [0.05, 0.1) is 6.04 Å². The topological polar surface area (TPSA) is 37.2 Å². The first kappa shape index (κ1) is 18.8. The summed E-state index contributed by atoms with van der Waals surface area (Å²) in [6.45, 7) is 6.63. The van der Waals surface area contributed by atoms with Gasteiger partial charge >= 0.3 is 0 Å². The molecule has 2 heterocycles. The first-order valence-corrected chi connectivity index (χ1v) is 10.3. The molecule has 0 spiro atoms. The summed E-state index contributed by atoms with van der Waals surface area (Å²) in [6.07, 6.45) is 5.77. The maximum absolute atomic E-state index is 4.17. The Balaban J connectivity index is 1.32. The third-order valence-corrected chi connectivity index (χ3v) is 5.58. The van der Waals surface area contributed by atoms with Crippen LogP contribution in [0.3, 0.4) is 0 Å². The molecular formula is C23H29N5. The summed E-state index contributed by atoms with van der Waals surface area (Å²) >= 11 is 0. The summed E-state index contributed by atoms with van der Waals surface area (Å²) in [5.74, 6) is 0. The van der Waals surface area contributed by atoms with Crippen LogP contribution in [-0.4, -0.2) is 57.3 Å². The predicted octanol–water partition coefficient (Wildman–Crippen LogP) is 3.47. The van der Waals surface area contributed by atoms with Crippen molar-refractivity contribution >= 4 is 0 Å². The molecule has 28 heavy (non-hydrogen) atoms. The molecule has 1 saturated heterocycles. The molecule has 1 fully saturated rings. The van der Waals surface area contributed by atoms with Gasteiger partial charge in [0.1, 0.15) is 12.7 Å². The van der Waals surface area contributed by atoms with E-state index >= 15 is 0 Å². The number of hydrogen-bond acceptors (Lipinski definition) is 4. The van der Waals surface area contributed by atoms with E-state index in [0.29, 0.717) is 6.04 Å². The van der Waals surface area contributed by atoms with Crippen molar-refractivity contribution < 1.29 is 0 Å². The Morgan fingerprint density at radius 3 is 1.93 bits per heavy atom. The molecule has 4 rings (SSSR count). The number of aromatic nitrogens is 3. The molecule has 0 saturated carbocycles. The van der Waals surface area contributed by atoms with Crippen LogP contribution in [0.15, 0.2) is 73.3 Å². The Kier molecular flexibility index (Phi) is 6.48. The lowest BCUT2D eigenvalue weighted by molar-refractivity contribution is 0.108. The maximum Gasteiger partial charge on any atom is 0.137 e. The molecule has 1 aliphatic heterocycles. The summed E-state index contributed by atoms with van der Waals surface area (Å²) in [6, 6.07) is 22.2. The average molecular weight is 376 g/mol. The van der Waals surface area contributed by atoms with Gasteiger partial charge in [-0.15, -0.1) is 0 Å². The predicted molar refractivity (Wildman–Crippen MR) is 112 cm³/mol.